The number of aliphatic carboxylic acids is 2. The number of nitrogens with two attached hydrogens (primary N) is 1. The molecule has 0 radical (unpaired) electrons. The molecule has 172 valence electrons. The van der Waals surface area contributed by atoms with Gasteiger partial charge in [-0.1, -0.05) is 11.6 Å². The molecule has 0 aliphatic carbocycles. The Kier molecular flexibility index (Phi) is 10.9. The van der Waals surface area contributed by atoms with E-state index >= 15 is 0 Å². The second-order valence-electron chi connectivity index (χ2n) is 6.70. The summed E-state index contributed by atoms with van der Waals surface area (Å²) in [6.07, 6.45) is 1.78. The Morgan fingerprint density at radius 2 is 1.35 bits per heavy atom. The molecule has 0 aromatic carbocycles. The first-order chi connectivity index (χ1) is 14.0. The second-order valence-corrected chi connectivity index (χ2v) is 7.73. The van der Waals surface area contributed by atoms with Gasteiger partial charge in [-0.3, -0.25) is 4.79 Å². The van der Waals surface area contributed by atoms with Crippen LogP contribution in [0, 0.1) is 11.6 Å². The number of anilines is 1. The van der Waals surface area contributed by atoms with Gasteiger partial charge in [-0.05, 0) is 50.9 Å². The van der Waals surface area contributed by atoms with E-state index in [9.17, 15) is 18.4 Å². The number of nitrogens with one attached hydrogen (secondary N) is 1. The number of hydrogen-bond acceptors (Lipinski definition) is 8. The van der Waals surface area contributed by atoms with Crippen molar-refractivity contribution in [1.82, 2.24) is 19.9 Å². The predicted molar refractivity (Wildman–Crippen MR) is 110 cm³/mol. The maximum atomic E-state index is 13.1. The number of carboxylic acid groups (broad SMARTS) is 2. The minimum Gasteiger partial charge on any atom is -0.480 e. The normalized spacial score (nSPS) is 10.8. The Bertz CT molecular complexity index is 929. The molecule has 0 bridgehead atoms. The van der Waals surface area contributed by atoms with E-state index < -0.39 is 34.7 Å². The smallest absolute Gasteiger partial charge is 0.328 e. The minimum absolute atomic E-state index is 0.0543. The van der Waals surface area contributed by atoms with Crippen LogP contribution in [0.4, 0.5) is 14.6 Å². The van der Waals surface area contributed by atoms with Crippen LogP contribution in [0.1, 0.15) is 27.7 Å². The first-order valence-corrected chi connectivity index (χ1v) is 9.16. The third-order valence-electron chi connectivity index (χ3n) is 2.90. The van der Waals surface area contributed by atoms with E-state index in [1.807, 2.05) is 0 Å². The van der Waals surface area contributed by atoms with E-state index in [1.54, 1.807) is 0 Å². The van der Waals surface area contributed by atoms with Gasteiger partial charge in [0, 0.05) is 0 Å². The Hall–Kier alpha value is -2.41. The van der Waals surface area contributed by atoms with Gasteiger partial charge in [-0.25, -0.2) is 28.5 Å². The van der Waals surface area contributed by atoms with Crippen LogP contribution in [0.3, 0.4) is 0 Å². The molecule has 2 heterocycles. The van der Waals surface area contributed by atoms with Crippen molar-refractivity contribution in [3.8, 4) is 0 Å². The van der Waals surface area contributed by atoms with Gasteiger partial charge in [-0.15, -0.1) is 0 Å². The molecular weight excluding hydrogens is 485 g/mol. The highest BCUT2D eigenvalue weighted by Gasteiger charge is 2.28. The Labute approximate surface area is 190 Å². The molecule has 31 heavy (non-hydrogen) atoms. The van der Waals surface area contributed by atoms with Crippen molar-refractivity contribution in [2.24, 2.45) is 5.73 Å². The van der Waals surface area contributed by atoms with Crippen LogP contribution in [0.15, 0.2) is 12.4 Å². The quantitative estimate of drug-likeness (QED) is 0.359. The van der Waals surface area contributed by atoms with Crippen LogP contribution in [0.25, 0.3) is 0 Å². The summed E-state index contributed by atoms with van der Waals surface area (Å²) in [6, 6.07) is 0. The molecule has 15 heteroatoms. The highest BCUT2D eigenvalue weighted by atomic mass is 35.5. The summed E-state index contributed by atoms with van der Waals surface area (Å²) in [6.45, 7) is 5.64. The van der Waals surface area contributed by atoms with Gasteiger partial charge in [0.05, 0.1) is 12.4 Å². The lowest BCUT2D eigenvalue weighted by atomic mass is 10.1. The topological polar surface area (TPSA) is 164 Å². The lowest BCUT2D eigenvalue weighted by Gasteiger charge is -2.21. The van der Waals surface area contributed by atoms with Crippen LogP contribution >= 0.6 is 34.8 Å². The van der Waals surface area contributed by atoms with E-state index in [2.05, 4.69) is 25.3 Å². The van der Waals surface area contributed by atoms with Crippen LogP contribution in [-0.2, 0) is 9.59 Å². The van der Waals surface area contributed by atoms with Crippen LogP contribution in [-0.4, -0.2) is 53.2 Å². The molecule has 0 atom stereocenters. The van der Waals surface area contributed by atoms with Crippen LogP contribution < -0.4 is 11.1 Å². The van der Waals surface area contributed by atoms with Crippen LogP contribution in [0.2, 0.25) is 15.7 Å². The van der Waals surface area contributed by atoms with E-state index in [1.165, 1.54) is 27.7 Å². The zero-order chi connectivity index (χ0) is 24.6. The number of carboxylic acids is 2. The summed E-state index contributed by atoms with van der Waals surface area (Å²) >= 11 is 15.9. The number of carbonyl (C=O) groups is 2. The van der Waals surface area contributed by atoms with Gasteiger partial charge in [0.1, 0.15) is 11.1 Å². The fourth-order valence-corrected chi connectivity index (χ4v) is 1.55. The van der Waals surface area contributed by atoms with Crippen molar-refractivity contribution in [3.63, 3.8) is 0 Å². The monoisotopic (exact) mass is 502 g/mol. The van der Waals surface area contributed by atoms with Crippen molar-refractivity contribution in [2.45, 2.75) is 38.8 Å². The number of nitrogens with zero attached hydrogens (tertiary/aromatic N) is 4. The molecular formula is C16H19Cl3F2N6O4. The van der Waals surface area contributed by atoms with E-state index in [0.29, 0.717) is 0 Å². The Balaban J connectivity index is 0.000000479. The molecule has 0 unspecified atom stereocenters. The number of hydrogen-bond donors (Lipinski definition) is 4. The molecule has 0 aliphatic heterocycles. The van der Waals surface area contributed by atoms with Crippen molar-refractivity contribution < 1.29 is 28.6 Å². The van der Waals surface area contributed by atoms with Gasteiger partial charge in [0.2, 0.25) is 10.6 Å². The fourth-order valence-electron chi connectivity index (χ4n) is 1.11. The van der Waals surface area contributed by atoms with Gasteiger partial charge in [-0.2, -0.15) is 4.98 Å². The average Bonchev–Trinajstić information content (AvgIpc) is 2.61. The zero-order valence-corrected chi connectivity index (χ0v) is 18.9. The highest BCUT2D eigenvalue weighted by molar-refractivity contribution is 6.31. The molecule has 10 nitrogen and oxygen atoms in total. The summed E-state index contributed by atoms with van der Waals surface area (Å²) in [5.74, 6) is -3.76. The first kappa shape index (κ1) is 28.6. The fraction of sp³-hybridized carbons (Fsp3) is 0.375. The molecule has 0 fully saturated rings. The SMILES string of the molecule is CC(C)(N)C(=O)O.CC(C)(Nc1nc(Cl)ncc1F)C(=O)O.Fc1cnc(Cl)nc1Cl. The summed E-state index contributed by atoms with van der Waals surface area (Å²) in [4.78, 5) is 34.3. The first-order valence-electron chi connectivity index (χ1n) is 8.02. The summed E-state index contributed by atoms with van der Waals surface area (Å²) in [5.41, 5.74) is 2.66. The Morgan fingerprint density at radius 3 is 1.71 bits per heavy atom. The average molecular weight is 504 g/mol. The van der Waals surface area contributed by atoms with E-state index in [-0.39, 0.29) is 21.5 Å². The molecule has 0 aliphatic rings. The molecule has 0 saturated heterocycles. The number of rotatable bonds is 4. The number of aromatic nitrogens is 4. The lowest BCUT2D eigenvalue weighted by Crippen LogP contribution is -2.41. The molecule has 2 rings (SSSR count). The largest absolute Gasteiger partial charge is 0.480 e. The highest BCUT2D eigenvalue weighted by Crippen LogP contribution is 2.17. The van der Waals surface area contributed by atoms with E-state index in [0.717, 1.165) is 12.4 Å². The minimum atomic E-state index is -1.33. The van der Waals surface area contributed by atoms with Crippen molar-refractivity contribution in [1.29, 1.82) is 0 Å². The molecule has 2 aromatic rings. The third kappa shape index (κ3) is 11.0. The zero-order valence-electron chi connectivity index (χ0n) is 16.6. The predicted octanol–water partition coefficient (Wildman–Crippen LogP) is 3.28. The van der Waals surface area contributed by atoms with Crippen LogP contribution in [0.5, 0.6) is 0 Å². The summed E-state index contributed by atoms with van der Waals surface area (Å²) in [5, 5.41) is 18.9. The Morgan fingerprint density at radius 1 is 0.935 bits per heavy atom. The van der Waals surface area contributed by atoms with Gasteiger partial charge in [0.25, 0.3) is 0 Å². The van der Waals surface area contributed by atoms with Gasteiger partial charge in [0.15, 0.2) is 22.6 Å². The lowest BCUT2D eigenvalue weighted by molar-refractivity contribution is -0.142. The molecule has 0 saturated carbocycles. The second kappa shape index (κ2) is 11.8. The molecule has 2 aromatic heterocycles. The maximum absolute atomic E-state index is 13.1. The molecule has 0 spiro atoms. The van der Waals surface area contributed by atoms with Crippen molar-refractivity contribution in [2.75, 3.05) is 5.32 Å². The van der Waals surface area contributed by atoms with Crippen molar-refractivity contribution in [3.05, 3.63) is 39.7 Å². The summed E-state index contributed by atoms with van der Waals surface area (Å²) in [7, 11) is 0. The number of halogens is 5. The van der Waals surface area contributed by atoms with Crippen molar-refractivity contribution >= 4 is 52.6 Å². The van der Waals surface area contributed by atoms with Gasteiger partial charge >= 0.3 is 11.9 Å². The maximum Gasteiger partial charge on any atom is 0.328 e. The third-order valence-corrected chi connectivity index (χ3v) is 3.53. The molecule has 0 amide bonds. The standard InChI is InChI=1S/C8H9ClFN3O2.C4HCl2FN2.C4H9NO2/c1-8(2,6(14)15)13-5-4(10)3-11-7(9)12-5;5-3-2(7)1-8-4(6)9-3;1-4(2,5)3(6)7/h3H,1-2H3,(H,14,15)(H,11,12,13);1H;5H2,1-2H3,(H,6,7). The van der Waals surface area contributed by atoms with Gasteiger partial charge < -0.3 is 21.3 Å². The van der Waals surface area contributed by atoms with E-state index in [4.69, 9.17) is 50.7 Å². The summed E-state index contributed by atoms with van der Waals surface area (Å²) < 4.78 is 25.3. The molecule has 5 N–H and O–H groups in total.